The molecule has 1 aromatic rings. The van der Waals surface area contributed by atoms with E-state index in [0.29, 0.717) is 38.0 Å². The lowest BCUT2D eigenvalue weighted by Crippen LogP contribution is -2.57. The number of unbranched alkanes of at least 4 members (excludes halogenated alkanes) is 4. The molecular weight excluding hydrogens is 538 g/mol. The lowest BCUT2D eigenvalue weighted by Gasteiger charge is -2.30. The summed E-state index contributed by atoms with van der Waals surface area (Å²) in [7, 11) is 1.29. The van der Waals surface area contributed by atoms with E-state index in [1.165, 1.54) is 12.0 Å². The van der Waals surface area contributed by atoms with Gasteiger partial charge in [0.1, 0.15) is 23.9 Å². The Hall–Kier alpha value is -3.43. The zero-order valence-electron chi connectivity index (χ0n) is 25.9. The molecule has 1 fully saturated rings. The number of nitrogens with one attached hydrogen (secondary N) is 2. The second-order valence-electron chi connectivity index (χ2n) is 11.3. The van der Waals surface area contributed by atoms with Crippen molar-refractivity contribution < 1.29 is 33.4 Å². The SMILES string of the molecule is CCCCCC(=O)NC(C(=O)NC(Cc1ccc(OC(=O)CCCCC)cc1)C(=O)N1CCCC1C(=O)OC)C(C)C. The fourth-order valence-corrected chi connectivity index (χ4v) is 5.02. The number of methoxy groups -OCH3 is 1. The molecule has 0 radical (unpaired) electrons. The van der Waals surface area contributed by atoms with Crippen molar-refractivity contribution in [1.29, 1.82) is 0 Å². The molecule has 3 amide bonds. The van der Waals surface area contributed by atoms with Crippen molar-refractivity contribution >= 4 is 29.7 Å². The lowest BCUT2D eigenvalue weighted by atomic mass is 10.00. The van der Waals surface area contributed by atoms with Crippen molar-refractivity contribution in [2.45, 2.75) is 116 Å². The number of hydrogen-bond acceptors (Lipinski definition) is 7. The monoisotopic (exact) mass is 587 g/mol. The molecule has 0 spiro atoms. The summed E-state index contributed by atoms with van der Waals surface area (Å²) < 4.78 is 10.3. The molecule has 3 atom stereocenters. The molecule has 2 N–H and O–H groups in total. The van der Waals surface area contributed by atoms with E-state index in [0.717, 1.165) is 44.1 Å². The summed E-state index contributed by atoms with van der Waals surface area (Å²) in [6.45, 7) is 8.17. The van der Waals surface area contributed by atoms with Crippen LogP contribution in [0, 0.1) is 5.92 Å². The van der Waals surface area contributed by atoms with Crippen LogP contribution in [0.25, 0.3) is 0 Å². The first-order valence-electron chi connectivity index (χ1n) is 15.4. The molecule has 234 valence electrons. The number of rotatable bonds is 17. The highest BCUT2D eigenvalue weighted by molar-refractivity contribution is 5.94. The van der Waals surface area contributed by atoms with E-state index in [4.69, 9.17) is 9.47 Å². The molecule has 0 bridgehead atoms. The number of likely N-dealkylation sites (tertiary alicyclic amines) is 1. The summed E-state index contributed by atoms with van der Waals surface area (Å²) in [4.78, 5) is 65.7. The predicted octanol–water partition coefficient (Wildman–Crippen LogP) is 4.08. The van der Waals surface area contributed by atoms with E-state index >= 15 is 0 Å². The molecule has 1 aromatic carbocycles. The summed E-state index contributed by atoms with van der Waals surface area (Å²) in [6, 6.07) is 4.31. The molecule has 1 aliphatic rings. The molecule has 1 heterocycles. The van der Waals surface area contributed by atoms with Crippen LogP contribution in [-0.2, 0) is 35.1 Å². The van der Waals surface area contributed by atoms with Crippen molar-refractivity contribution in [3.8, 4) is 5.75 Å². The fraction of sp³-hybridized carbons (Fsp3) is 0.656. The van der Waals surface area contributed by atoms with Crippen LogP contribution in [0.3, 0.4) is 0 Å². The van der Waals surface area contributed by atoms with Crippen LogP contribution >= 0.6 is 0 Å². The second-order valence-corrected chi connectivity index (χ2v) is 11.3. The van der Waals surface area contributed by atoms with Crippen molar-refractivity contribution in [3.63, 3.8) is 0 Å². The molecule has 10 nitrogen and oxygen atoms in total. The number of nitrogens with zero attached hydrogens (tertiary/aromatic N) is 1. The van der Waals surface area contributed by atoms with Crippen LogP contribution in [0.2, 0.25) is 0 Å². The number of carbonyl (C=O) groups is 5. The maximum absolute atomic E-state index is 13.8. The van der Waals surface area contributed by atoms with Gasteiger partial charge in [-0.3, -0.25) is 19.2 Å². The van der Waals surface area contributed by atoms with Gasteiger partial charge >= 0.3 is 11.9 Å². The fourth-order valence-electron chi connectivity index (χ4n) is 5.02. The molecule has 42 heavy (non-hydrogen) atoms. The highest BCUT2D eigenvalue weighted by Crippen LogP contribution is 2.22. The van der Waals surface area contributed by atoms with Crippen LogP contribution in [0.4, 0.5) is 0 Å². The maximum atomic E-state index is 13.8. The molecule has 1 aliphatic heterocycles. The Bertz CT molecular complexity index is 1040. The zero-order chi connectivity index (χ0) is 31.1. The Labute approximate surface area is 250 Å². The first kappa shape index (κ1) is 34.8. The maximum Gasteiger partial charge on any atom is 0.328 e. The van der Waals surface area contributed by atoms with Crippen LogP contribution in [0.15, 0.2) is 24.3 Å². The Morgan fingerprint density at radius 1 is 0.929 bits per heavy atom. The number of carbonyl (C=O) groups excluding carboxylic acids is 5. The van der Waals surface area contributed by atoms with Gasteiger partial charge in [-0.15, -0.1) is 0 Å². The summed E-state index contributed by atoms with van der Waals surface area (Å²) in [5.74, 6) is -1.64. The van der Waals surface area contributed by atoms with Gasteiger partial charge in [0, 0.05) is 25.8 Å². The molecule has 0 saturated carbocycles. The van der Waals surface area contributed by atoms with Gasteiger partial charge < -0.3 is 25.0 Å². The minimum absolute atomic E-state index is 0.148. The minimum atomic E-state index is -0.983. The van der Waals surface area contributed by atoms with Gasteiger partial charge in [-0.1, -0.05) is 65.5 Å². The molecule has 3 unspecified atom stereocenters. The van der Waals surface area contributed by atoms with Crippen LogP contribution in [0.5, 0.6) is 5.75 Å². The Morgan fingerprint density at radius 2 is 1.57 bits per heavy atom. The first-order chi connectivity index (χ1) is 20.1. The van der Waals surface area contributed by atoms with E-state index in [2.05, 4.69) is 24.5 Å². The third-order valence-electron chi connectivity index (χ3n) is 7.48. The lowest BCUT2D eigenvalue weighted by molar-refractivity contribution is -0.152. The third-order valence-corrected chi connectivity index (χ3v) is 7.48. The first-order valence-corrected chi connectivity index (χ1v) is 15.4. The summed E-state index contributed by atoms with van der Waals surface area (Å²) in [5, 5.41) is 5.70. The van der Waals surface area contributed by atoms with Crippen molar-refractivity contribution in [3.05, 3.63) is 29.8 Å². The minimum Gasteiger partial charge on any atom is -0.467 e. The molecule has 1 saturated heterocycles. The van der Waals surface area contributed by atoms with Gasteiger partial charge in [-0.25, -0.2) is 4.79 Å². The van der Waals surface area contributed by atoms with Crippen molar-refractivity contribution in [2.24, 2.45) is 5.92 Å². The number of amides is 3. The quantitative estimate of drug-likeness (QED) is 0.159. The van der Waals surface area contributed by atoms with Gasteiger partial charge in [0.05, 0.1) is 7.11 Å². The van der Waals surface area contributed by atoms with Crippen LogP contribution in [0.1, 0.15) is 97.5 Å². The summed E-state index contributed by atoms with van der Waals surface area (Å²) >= 11 is 0. The Kier molecular flexibility index (Phi) is 15.1. The highest BCUT2D eigenvalue weighted by Gasteiger charge is 2.39. The standard InChI is InChI=1S/C32H49N3O7/c1-6-8-10-14-27(36)34-29(22(3)4)30(38)33-25(31(39)35-20-12-13-26(35)32(40)41-5)21-23-16-18-24(19-17-23)42-28(37)15-11-9-7-2/h16-19,22,25-26,29H,6-15,20-21H2,1-5H3,(H,33,38)(H,34,36). The summed E-state index contributed by atoms with van der Waals surface area (Å²) in [6.07, 6.45) is 7.36. The van der Waals surface area contributed by atoms with Crippen LogP contribution < -0.4 is 15.4 Å². The van der Waals surface area contributed by atoms with Gasteiger partial charge in [-0.05, 0) is 49.3 Å². The topological polar surface area (TPSA) is 131 Å². The average molecular weight is 588 g/mol. The molecule has 10 heteroatoms. The number of esters is 2. The second kappa shape index (κ2) is 18.2. The van der Waals surface area contributed by atoms with Gasteiger partial charge in [0.25, 0.3) is 0 Å². The Balaban J connectivity index is 2.21. The summed E-state index contributed by atoms with van der Waals surface area (Å²) in [5.41, 5.74) is 0.734. The molecule has 0 aromatic heterocycles. The van der Waals surface area contributed by atoms with Gasteiger partial charge in [0.2, 0.25) is 17.7 Å². The normalized spacial score (nSPS) is 16.0. The average Bonchev–Trinajstić information content (AvgIpc) is 3.46. The third kappa shape index (κ3) is 11.1. The van der Waals surface area contributed by atoms with E-state index in [1.807, 2.05) is 13.8 Å². The largest absolute Gasteiger partial charge is 0.467 e. The molecule has 2 rings (SSSR count). The highest BCUT2D eigenvalue weighted by atomic mass is 16.5. The van der Waals surface area contributed by atoms with E-state index in [-0.39, 0.29) is 30.1 Å². The van der Waals surface area contributed by atoms with Gasteiger partial charge in [-0.2, -0.15) is 0 Å². The Morgan fingerprint density at radius 3 is 2.17 bits per heavy atom. The van der Waals surface area contributed by atoms with Crippen LogP contribution in [-0.4, -0.2) is 66.3 Å². The zero-order valence-corrected chi connectivity index (χ0v) is 25.9. The predicted molar refractivity (Wildman–Crippen MR) is 160 cm³/mol. The van der Waals surface area contributed by atoms with E-state index in [1.54, 1.807) is 24.3 Å². The smallest absolute Gasteiger partial charge is 0.328 e. The van der Waals surface area contributed by atoms with Crippen molar-refractivity contribution in [1.82, 2.24) is 15.5 Å². The van der Waals surface area contributed by atoms with Crippen molar-refractivity contribution in [2.75, 3.05) is 13.7 Å². The molecular formula is C32H49N3O7. The number of benzene rings is 1. The van der Waals surface area contributed by atoms with Gasteiger partial charge in [0.15, 0.2) is 0 Å². The molecule has 0 aliphatic carbocycles. The number of ether oxygens (including phenoxy) is 2. The van der Waals surface area contributed by atoms with E-state index < -0.39 is 30.0 Å². The number of hydrogen-bond donors (Lipinski definition) is 2. The van der Waals surface area contributed by atoms with E-state index in [9.17, 15) is 24.0 Å².